The second-order valence-electron chi connectivity index (χ2n) is 4.75. The van der Waals surface area contributed by atoms with Crippen LogP contribution in [0.5, 0.6) is 0 Å². The number of alkyl halides is 1. The Morgan fingerprint density at radius 2 is 2.06 bits per heavy atom. The van der Waals surface area contributed by atoms with Gasteiger partial charge in [0.25, 0.3) is 5.91 Å². The Kier molecular flexibility index (Phi) is 2.78. The van der Waals surface area contributed by atoms with E-state index in [1.165, 1.54) is 0 Å². The SMILES string of the molecule is O=C(c1ccc2[nH]ccc2c1)N1CCC(F)CC1. The largest absolute Gasteiger partial charge is 0.361 e. The van der Waals surface area contributed by atoms with Crippen LogP contribution in [0.4, 0.5) is 4.39 Å². The van der Waals surface area contributed by atoms with Gasteiger partial charge in [-0.2, -0.15) is 0 Å². The lowest BCUT2D eigenvalue weighted by Crippen LogP contribution is -2.39. The summed E-state index contributed by atoms with van der Waals surface area (Å²) in [5, 5.41) is 1.03. The Labute approximate surface area is 105 Å². The topological polar surface area (TPSA) is 36.1 Å². The maximum absolute atomic E-state index is 13.0. The Morgan fingerprint density at radius 3 is 2.83 bits per heavy atom. The third-order valence-corrected chi connectivity index (χ3v) is 3.51. The normalized spacial score (nSPS) is 17.3. The summed E-state index contributed by atoms with van der Waals surface area (Å²) < 4.78 is 13.0. The molecule has 1 saturated heterocycles. The average Bonchev–Trinajstić information content (AvgIpc) is 2.86. The summed E-state index contributed by atoms with van der Waals surface area (Å²) in [5.74, 6) is 0.00463. The Morgan fingerprint density at radius 1 is 1.28 bits per heavy atom. The molecule has 94 valence electrons. The zero-order chi connectivity index (χ0) is 12.5. The first kappa shape index (κ1) is 11.3. The lowest BCUT2D eigenvalue weighted by Gasteiger charge is -2.28. The molecule has 0 bridgehead atoms. The molecule has 3 nitrogen and oxygen atoms in total. The van der Waals surface area contributed by atoms with Crippen LogP contribution in [0.25, 0.3) is 10.9 Å². The lowest BCUT2D eigenvalue weighted by atomic mass is 10.1. The van der Waals surface area contributed by atoms with Crippen molar-refractivity contribution < 1.29 is 9.18 Å². The predicted octanol–water partition coefficient (Wildman–Crippen LogP) is 2.74. The molecule has 2 aromatic rings. The Hall–Kier alpha value is -1.84. The molecule has 1 amide bonds. The minimum Gasteiger partial charge on any atom is -0.361 e. The summed E-state index contributed by atoms with van der Waals surface area (Å²) >= 11 is 0. The van der Waals surface area contributed by atoms with Crippen LogP contribution in [0.3, 0.4) is 0 Å². The first-order chi connectivity index (χ1) is 8.74. The molecule has 3 rings (SSSR count). The molecule has 0 unspecified atom stereocenters. The summed E-state index contributed by atoms with van der Waals surface area (Å²) in [6.07, 6.45) is 2.02. The Balaban J connectivity index is 1.82. The molecule has 1 aliphatic heterocycles. The van der Waals surface area contributed by atoms with Crippen molar-refractivity contribution in [1.82, 2.24) is 9.88 Å². The van der Waals surface area contributed by atoms with Crippen molar-refractivity contribution >= 4 is 16.8 Å². The van der Waals surface area contributed by atoms with Gasteiger partial charge in [-0.25, -0.2) is 4.39 Å². The molecule has 2 heterocycles. The highest BCUT2D eigenvalue weighted by molar-refractivity contribution is 5.98. The molecule has 18 heavy (non-hydrogen) atoms. The number of aromatic amines is 1. The third kappa shape index (κ3) is 1.98. The van der Waals surface area contributed by atoms with Gasteiger partial charge in [0, 0.05) is 35.8 Å². The molecule has 1 aliphatic rings. The quantitative estimate of drug-likeness (QED) is 0.825. The number of halogens is 1. The number of hydrogen-bond acceptors (Lipinski definition) is 1. The molecule has 0 spiro atoms. The smallest absolute Gasteiger partial charge is 0.253 e. The van der Waals surface area contributed by atoms with Gasteiger partial charge in [-0.1, -0.05) is 0 Å². The highest BCUT2D eigenvalue weighted by atomic mass is 19.1. The van der Waals surface area contributed by atoms with Gasteiger partial charge >= 0.3 is 0 Å². The number of hydrogen-bond donors (Lipinski definition) is 1. The van der Waals surface area contributed by atoms with Crippen LogP contribution < -0.4 is 0 Å². The van der Waals surface area contributed by atoms with Crippen molar-refractivity contribution in [3.63, 3.8) is 0 Å². The summed E-state index contributed by atoms with van der Waals surface area (Å²) in [6, 6.07) is 7.56. The van der Waals surface area contributed by atoms with Crippen LogP contribution in [0.1, 0.15) is 23.2 Å². The van der Waals surface area contributed by atoms with Gasteiger partial charge in [0.15, 0.2) is 0 Å². The molecule has 1 N–H and O–H groups in total. The number of nitrogens with zero attached hydrogens (tertiary/aromatic N) is 1. The fourth-order valence-electron chi connectivity index (χ4n) is 2.42. The number of aromatic nitrogens is 1. The van der Waals surface area contributed by atoms with Gasteiger partial charge in [-0.3, -0.25) is 4.79 Å². The van der Waals surface area contributed by atoms with E-state index < -0.39 is 6.17 Å². The van der Waals surface area contributed by atoms with Crippen molar-refractivity contribution in [2.75, 3.05) is 13.1 Å². The van der Waals surface area contributed by atoms with E-state index in [1.807, 2.05) is 30.5 Å². The van der Waals surface area contributed by atoms with Gasteiger partial charge in [0.1, 0.15) is 6.17 Å². The molecular weight excluding hydrogens is 231 g/mol. The van der Waals surface area contributed by atoms with E-state index >= 15 is 0 Å². The maximum Gasteiger partial charge on any atom is 0.253 e. The average molecular weight is 246 g/mol. The number of rotatable bonds is 1. The van der Waals surface area contributed by atoms with Crippen LogP contribution in [-0.4, -0.2) is 35.1 Å². The zero-order valence-electron chi connectivity index (χ0n) is 10.0. The second kappa shape index (κ2) is 4.44. The van der Waals surface area contributed by atoms with Gasteiger partial charge in [0.05, 0.1) is 0 Å². The molecule has 0 radical (unpaired) electrons. The van der Waals surface area contributed by atoms with Crippen LogP contribution in [0.15, 0.2) is 30.5 Å². The fourth-order valence-corrected chi connectivity index (χ4v) is 2.42. The van der Waals surface area contributed by atoms with E-state index in [2.05, 4.69) is 4.98 Å². The lowest BCUT2D eigenvalue weighted by molar-refractivity contribution is 0.0667. The van der Waals surface area contributed by atoms with Gasteiger partial charge in [-0.05, 0) is 37.1 Å². The van der Waals surface area contributed by atoms with Crippen molar-refractivity contribution in [1.29, 1.82) is 0 Å². The van der Waals surface area contributed by atoms with Crippen molar-refractivity contribution in [2.24, 2.45) is 0 Å². The van der Waals surface area contributed by atoms with Gasteiger partial charge in [-0.15, -0.1) is 0 Å². The summed E-state index contributed by atoms with van der Waals surface area (Å²) in [5.41, 5.74) is 1.70. The molecule has 0 saturated carbocycles. The van der Waals surface area contributed by atoms with Crippen molar-refractivity contribution in [3.05, 3.63) is 36.0 Å². The number of amides is 1. The molecule has 0 aliphatic carbocycles. The van der Waals surface area contributed by atoms with Crippen molar-refractivity contribution in [2.45, 2.75) is 19.0 Å². The number of fused-ring (bicyclic) bond motifs is 1. The number of H-pyrrole nitrogens is 1. The van der Waals surface area contributed by atoms with Crippen LogP contribution in [0.2, 0.25) is 0 Å². The summed E-state index contributed by atoms with van der Waals surface area (Å²) in [4.78, 5) is 17.1. The monoisotopic (exact) mass is 246 g/mol. The number of benzene rings is 1. The first-order valence-corrected chi connectivity index (χ1v) is 6.24. The fraction of sp³-hybridized carbons (Fsp3) is 0.357. The maximum atomic E-state index is 13.0. The van der Waals surface area contributed by atoms with Crippen LogP contribution >= 0.6 is 0 Å². The van der Waals surface area contributed by atoms with Gasteiger partial charge in [0.2, 0.25) is 0 Å². The third-order valence-electron chi connectivity index (χ3n) is 3.51. The van der Waals surface area contributed by atoms with Gasteiger partial charge < -0.3 is 9.88 Å². The van der Waals surface area contributed by atoms with E-state index in [9.17, 15) is 9.18 Å². The minimum absolute atomic E-state index is 0.00463. The number of carbonyl (C=O) groups excluding carboxylic acids is 1. The molecular formula is C14H15FN2O. The highest BCUT2D eigenvalue weighted by Crippen LogP contribution is 2.19. The van der Waals surface area contributed by atoms with E-state index in [1.54, 1.807) is 4.90 Å². The minimum atomic E-state index is -0.749. The van der Waals surface area contributed by atoms with E-state index in [0.29, 0.717) is 31.5 Å². The van der Waals surface area contributed by atoms with Crippen molar-refractivity contribution in [3.8, 4) is 0 Å². The van der Waals surface area contributed by atoms with E-state index in [0.717, 1.165) is 10.9 Å². The number of nitrogens with one attached hydrogen (secondary N) is 1. The summed E-state index contributed by atoms with van der Waals surface area (Å²) in [7, 11) is 0. The molecule has 1 aromatic heterocycles. The standard InChI is InChI=1S/C14H15FN2O/c15-12-4-7-17(8-5-12)14(18)11-1-2-13-10(9-11)3-6-16-13/h1-3,6,9,12,16H,4-5,7-8H2. The van der Waals surface area contributed by atoms with Crippen LogP contribution in [0, 0.1) is 0 Å². The molecule has 4 heteroatoms. The predicted molar refractivity (Wildman–Crippen MR) is 68.3 cm³/mol. The number of likely N-dealkylation sites (tertiary alicyclic amines) is 1. The number of piperidine rings is 1. The molecule has 0 atom stereocenters. The van der Waals surface area contributed by atoms with Crippen LogP contribution in [-0.2, 0) is 0 Å². The number of carbonyl (C=O) groups is 1. The molecule has 1 aromatic carbocycles. The molecule has 1 fully saturated rings. The second-order valence-corrected chi connectivity index (χ2v) is 4.75. The Bertz CT molecular complexity index is 570. The van der Waals surface area contributed by atoms with E-state index in [4.69, 9.17) is 0 Å². The summed E-state index contributed by atoms with van der Waals surface area (Å²) in [6.45, 7) is 1.04. The first-order valence-electron chi connectivity index (χ1n) is 6.24. The van der Waals surface area contributed by atoms with E-state index in [-0.39, 0.29) is 5.91 Å². The zero-order valence-corrected chi connectivity index (χ0v) is 10.0. The highest BCUT2D eigenvalue weighted by Gasteiger charge is 2.23.